The molecule has 0 spiro atoms. The number of anilines is 2. The lowest BCUT2D eigenvalue weighted by molar-refractivity contribution is 0.0990. The van der Waals surface area contributed by atoms with E-state index in [2.05, 4.69) is 5.32 Å². The Kier molecular flexibility index (Phi) is 4.12. The summed E-state index contributed by atoms with van der Waals surface area (Å²) in [7, 11) is 1.71. The molecule has 27 heavy (non-hydrogen) atoms. The van der Waals surface area contributed by atoms with Gasteiger partial charge in [-0.1, -0.05) is 30.3 Å². The summed E-state index contributed by atoms with van der Waals surface area (Å²) >= 11 is 0. The highest BCUT2D eigenvalue weighted by Crippen LogP contribution is 2.38. The number of fused-ring (bicyclic) bond motifs is 2. The van der Waals surface area contributed by atoms with Gasteiger partial charge in [-0.25, -0.2) is 0 Å². The molecule has 2 amide bonds. The Bertz CT molecular complexity index is 1060. The topological polar surface area (TPSA) is 58.6 Å². The van der Waals surface area contributed by atoms with Crippen LogP contribution >= 0.6 is 0 Å². The molecule has 1 heterocycles. The lowest BCUT2D eigenvalue weighted by atomic mass is 10.1. The van der Waals surface area contributed by atoms with Crippen molar-refractivity contribution in [3.63, 3.8) is 0 Å². The third-order valence-electron chi connectivity index (χ3n) is 4.61. The van der Waals surface area contributed by atoms with Crippen LogP contribution in [-0.2, 0) is 0 Å². The average molecular weight is 358 g/mol. The predicted octanol–water partition coefficient (Wildman–Crippen LogP) is 4.63. The second-order valence-corrected chi connectivity index (χ2v) is 6.41. The van der Waals surface area contributed by atoms with E-state index in [1.54, 1.807) is 36.2 Å². The van der Waals surface area contributed by atoms with Crippen LogP contribution in [0.1, 0.15) is 26.3 Å². The van der Waals surface area contributed by atoms with E-state index in [4.69, 9.17) is 4.74 Å². The molecule has 3 aromatic carbocycles. The summed E-state index contributed by atoms with van der Waals surface area (Å²) < 4.78 is 5.93. The zero-order valence-corrected chi connectivity index (χ0v) is 15.0. The largest absolute Gasteiger partial charge is 0.454 e. The molecule has 4 rings (SSSR count). The molecule has 0 unspecified atom stereocenters. The Morgan fingerprint density at radius 2 is 1.70 bits per heavy atom. The monoisotopic (exact) mass is 358 g/mol. The van der Waals surface area contributed by atoms with Gasteiger partial charge >= 0.3 is 0 Å². The Hall–Kier alpha value is -3.60. The van der Waals surface area contributed by atoms with Gasteiger partial charge in [0.25, 0.3) is 11.8 Å². The molecular weight excluding hydrogens is 340 g/mol. The highest BCUT2D eigenvalue weighted by molar-refractivity contribution is 6.11. The number of nitrogens with one attached hydrogen (secondary N) is 1. The zero-order valence-electron chi connectivity index (χ0n) is 15.0. The van der Waals surface area contributed by atoms with Gasteiger partial charge in [-0.15, -0.1) is 0 Å². The summed E-state index contributed by atoms with van der Waals surface area (Å²) in [4.78, 5) is 27.0. The van der Waals surface area contributed by atoms with Gasteiger partial charge in [-0.05, 0) is 48.9 Å². The van der Waals surface area contributed by atoms with Gasteiger partial charge < -0.3 is 15.0 Å². The van der Waals surface area contributed by atoms with Crippen molar-refractivity contribution in [2.24, 2.45) is 0 Å². The fourth-order valence-electron chi connectivity index (χ4n) is 3.12. The highest BCUT2D eigenvalue weighted by atomic mass is 16.5. The number of carbonyl (C=O) groups excluding carboxylic acids is 2. The minimum Gasteiger partial charge on any atom is -0.454 e. The molecule has 1 aliphatic heterocycles. The number of benzene rings is 3. The number of hydrogen-bond donors (Lipinski definition) is 1. The summed E-state index contributed by atoms with van der Waals surface area (Å²) in [5.41, 5.74) is 3.12. The van der Waals surface area contributed by atoms with Gasteiger partial charge in [-0.3, -0.25) is 9.59 Å². The number of amides is 2. The zero-order chi connectivity index (χ0) is 19.0. The lowest BCUT2D eigenvalue weighted by Crippen LogP contribution is -2.25. The molecule has 0 atom stereocenters. The summed E-state index contributed by atoms with van der Waals surface area (Å²) in [6, 6.07) is 19.8. The molecule has 0 aromatic heterocycles. The summed E-state index contributed by atoms with van der Waals surface area (Å²) in [6.45, 7) is 1.88. The van der Waals surface area contributed by atoms with Crippen LogP contribution in [0.4, 0.5) is 11.4 Å². The van der Waals surface area contributed by atoms with Crippen molar-refractivity contribution in [3.8, 4) is 11.5 Å². The maximum absolute atomic E-state index is 12.9. The van der Waals surface area contributed by atoms with E-state index in [-0.39, 0.29) is 11.8 Å². The number of rotatable bonds is 2. The second kappa shape index (κ2) is 6.61. The number of nitrogens with zero attached hydrogens (tertiary/aromatic N) is 1. The Morgan fingerprint density at radius 1 is 0.963 bits per heavy atom. The Balaban J connectivity index is 1.67. The second-order valence-electron chi connectivity index (χ2n) is 6.41. The molecule has 0 saturated carbocycles. The van der Waals surface area contributed by atoms with Crippen molar-refractivity contribution in [1.29, 1.82) is 0 Å². The number of para-hydroxylation sites is 2. The lowest BCUT2D eigenvalue weighted by Gasteiger charge is -2.16. The van der Waals surface area contributed by atoms with Gasteiger partial charge in [0, 0.05) is 18.3 Å². The van der Waals surface area contributed by atoms with Crippen molar-refractivity contribution in [3.05, 3.63) is 83.4 Å². The predicted molar refractivity (Wildman–Crippen MR) is 105 cm³/mol. The molecule has 3 aromatic rings. The van der Waals surface area contributed by atoms with Crippen LogP contribution in [0, 0.1) is 6.92 Å². The highest BCUT2D eigenvalue weighted by Gasteiger charge is 2.26. The van der Waals surface area contributed by atoms with E-state index in [0.717, 1.165) is 5.56 Å². The molecule has 0 aliphatic carbocycles. The summed E-state index contributed by atoms with van der Waals surface area (Å²) in [5, 5.41) is 2.86. The maximum atomic E-state index is 12.9. The Morgan fingerprint density at radius 3 is 2.52 bits per heavy atom. The molecule has 0 bridgehead atoms. The first-order valence-electron chi connectivity index (χ1n) is 8.60. The van der Waals surface area contributed by atoms with Crippen LogP contribution in [0.15, 0.2) is 66.7 Å². The maximum Gasteiger partial charge on any atom is 0.261 e. The summed E-state index contributed by atoms with van der Waals surface area (Å²) in [5.74, 6) is 0.670. The number of ether oxygens (including phenoxy) is 1. The van der Waals surface area contributed by atoms with Crippen LogP contribution in [0.2, 0.25) is 0 Å². The molecule has 5 heteroatoms. The van der Waals surface area contributed by atoms with Crippen LogP contribution in [-0.4, -0.2) is 18.9 Å². The first kappa shape index (κ1) is 16.8. The smallest absolute Gasteiger partial charge is 0.261 e. The molecule has 0 radical (unpaired) electrons. The van der Waals surface area contributed by atoms with Crippen molar-refractivity contribution in [1.82, 2.24) is 0 Å². The SMILES string of the molecule is Cc1ccccc1C(=O)Nc1ccc2c(c1)C(=O)N(C)c1ccccc1O2. The van der Waals surface area contributed by atoms with Crippen LogP contribution < -0.4 is 15.0 Å². The van der Waals surface area contributed by atoms with E-state index in [9.17, 15) is 9.59 Å². The number of hydrogen-bond acceptors (Lipinski definition) is 3. The van der Waals surface area contributed by atoms with Crippen molar-refractivity contribution < 1.29 is 14.3 Å². The third-order valence-corrected chi connectivity index (χ3v) is 4.61. The Labute approximate surface area is 157 Å². The normalized spacial score (nSPS) is 12.5. The van der Waals surface area contributed by atoms with Crippen molar-refractivity contribution in [2.45, 2.75) is 6.92 Å². The molecule has 5 nitrogen and oxygen atoms in total. The molecule has 0 fully saturated rings. The minimum absolute atomic E-state index is 0.193. The fraction of sp³-hybridized carbons (Fsp3) is 0.0909. The van der Waals surface area contributed by atoms with Crippen LogP contribution in [0.25, 0.3) is 0 Å². The standard InChI is InChI=1S/C22H18N2O3/c1-14-7-3-4-8-16(14)21(25)23-15-11-12-19-17(13-15)22(26)24(2)18-9-5-6-10-20(18)27-19/h3-13H,1-2H3,(H,23,25). The van der Waals surface area contributed by atoms with E-state index in [1.807, 2.05) is 49.4 Å². The van der Waals surface area contributed by atoms with Gasteiger partial charge in [0.15, 0.2) is 5.75 Å². The molecule has 0 saturated heterocycles. The van der Waals surface area contributed by atoms with E-state index < -0.39 is 0 Å². The van der Waals surface area contributed by atoms with Crippen molar-refractivity contribution >= 4 is 23.2 Å². The van der Waals surface area contributed by atoms with Gasteiger partial charge in [0.2, 0.25) is 0 Å². The molecule has 1 N–H and O–H groups in total. The van der Waals surface area contributed by atoms with Crippen molar-refractivity contribution in [2.75, 3.05) is 17.3 Å². The number of carbonyl (C=O) groups is 2. The molecule has 134 valence electrons. The van der Waals surface area contributed by atoms with Gasteiger partial charge in [0.05, 0.1) is 11.3 Å². The average Bonchev–Trinajstić information content (AvgIpc) is 2.78. The molecular formula is C22H18N2O3. The van der Waals surface area contributed by atoms with E-state index in [1.165, 1.54) is 0 Å². The van der Waals surface area contributed by atoms with E-state index in [0.29, 0.717) is 34.0 Å². The summed E-state index contributed by atoms with van der Waals surface area (Å²) in [6.07, 6.45) is 0. The quantitative estimate of drug-likeness (QED) is 0.727. The van der Waals surface area contributed by atoms with Crippen LogP contribution in [0.5, 0.6) is 11.5 Å². The first-order valence-corrected chi connectivity index (χ1v) is 8.60. The first-order chi connectivity index (χ1) is 13.0. The van der Waals surface area contributed by atoms with Crippen LogP contribution in [0.3, 0.4) is 0 Å². The third kappa shape index (κ3) is 3.04. The van der Waals surface area contributed by atoms with E-state index >= 15 is 0 Å². The van der Waals surface area contributed by atoms with Gasteiger partial charge in [0.1, 0.15) is 5.75 Å². The number of aryl methyl sites for hydroxylation is 1. The minimum atomic E-state index is -0.216. The molecule has 1 aliphatic rings. The fourth-order valence-corrected chi connectivity index (χ4v) is 3.12. The van der Waals surface area contributed by atoms with Gasteiger partial charge in [-0.2, -0.15) is 0 Å².